The molecule has 0 saturated carbocycles. The molecule has 3 heterocycles. The molecule has 196 valence electrons. The van der Waals surface area contributed by atoms with Crippen LogP contribution >= 0.6 is 0 Å². The van der Waals surface area contributed by atoms with Crippen LogP contribution in [0.5, 0.6) is 0 Å². The lowest BCUT2D eigenvalue weighted by Gasteiger charge is -2.21. The number of alkyl halides is 5. The third kappa shape index (κ3) is 5.48. The third-order valence-electron chi connectivity index (χ3n) is 6.16. The summed E-state index contributed by atoms with van der Waals surface area (Å²) in [6, 6.07) is 20.5. The Labute approximate surface area is 208 Å². The highest BCUT2D eigenvalue weighted by atomic mass is 19.4. The predicted octanol–water partition coefficient (Wildman–Crippen LogP) is 4.25. The van der Waals surface area contributed by atoms with Crippen LogP contribution in [0.4, 0.5) is 22.0 Å². The molecule has 0 bridgehead atoms. The highest BCUT2D eigenvalue weighted by Gasteiger charge is 2.70. The number of hydrogen-bond acceptors (Lipinski definition) is 5. The van der Waals surface area contributed by atoms with Gasteiger partial charge in [-0.2, -0.15) is 13.2 Å². The summed E-state index contributed by atoms with van der Waals surface area (Å²) in [5.41, 5.74) is -2.45. The van der Waals surface area contributed by atoms with E-state index in [2.05, 4.69) is 5.16 Å². The topological polar surface area (TPSA) is 86.9 Å². The van der Waals surface area contributed by atoms with Gasteiger partial charge in [-0.3, -0.25) is 9.69 Å². The molecule has 3 aromatic rings. The van der Waals surface area contributed by atoms with Gasteiger partial charge in [0.2, 0.25) is 5.67 Å². The number of carboxylic acid groups (broad SMARTS) is 1. The van der Waals surface area contributed by atoms with Crippen molar-refractivity contribution in [2.45, 2.75) is 30.6 Å². The Morgan fingerprint density at radius 2 is 1.57 bits per heavy atom. The normalized spacial score (nSPS) is 23.5. The Bertz CT molecular complexity index is 1250. The largest absolute Gasteiger partial charge is 0.490 e. The number of halogens is 5. The molecule has 2 aliphatic rings. The molecule has 2 aromatic carbocycles. The molecule has 1 N–H and O–H groups in total. The number of fused-ring (bicyclic) bond motifs is 1. The second-order valence-electron chi connectivity index (χ2n) is 8.91. The van der Waals surface area contributed by atoms with Gasteiger partial charge in [-0.25, -0.2) is 13.6 Å². The van der Waals surface area contributed by atoms with Gasteiger partial charge in [0, 0.05) is 37.8 Å². The third-order valence-corrected chi connectivity index (χ3v) is 6.16. The van der Waals surface area contributed by atoms with E-state index in [0.717, 1.165) is 11.1 Å². The van der Waals surface area contributed by atoms with Gasteiger partial charge in [-0.1, -0.05) is 65.8 Å². The van der Waals surface area contributed by atoms with Crippen molar-refractivity contribution in [3.8, 4) is 11.3 Å². The van der Waals surface area contributed by atoms with E-state index in [4.69, 9.17) is 14.4 Å². The van der Waals surface area contributed by atoms with E-state index >= 15 is 8.78 Å². The van der Waals surface area contributed by atoms with Gasteiger partial charge in [0.05, 0.1) is 12.2 Å². The fraction of sp³-hybridized carbons (Fsp3) is 0.320. The molecule has 2 saturated heterocycles. The summed E-state index contributed by atoms with van der Waals surface area (Å²) >= 11 is 0. The van der Waals surface area contributed by atoms with Gasteiger partial charge in [0.15, 0.2) is 11.4 Å². The smallest absolute Gasteiger partial charge is 0.475 e. The second-order valence-corrected chi connectivity index (χ2v) is 8.91. The van der Waals surface area contributed by atoms with Crippen molar-refractivity contribution in [3.63, 3.8) is 0 Å². The SMILES string of the molecule is O=C(O)C(F)(F)F.O=C1N(Cc2ccccc2)C[C@@]2(F)CN(Cc3cc(-c4ccccc4)on3)C[C@@]12F. The lowest BCUT2D eigenvalue weighted by atomic mass is 9.93. The molecule has 5 rings (SSSR count). The number of benzene rings is 2. The summed E-state index contributed by atoms with van der Waals surface area (Å²) in [5.74, 6) is -2.94. The fourth-order valence-corrected chi connectivity index (χ4v) is 4.44. The van der Waals surface area contributed by atoms with Crippen molar-refractivity contribution in [1.29, 1.82) is 0 Å². The van der Waals surface area contributed by atoms with Crippen LogP contribution in [-0.2, 0) is 22.7 Å². The molecule has 0 unspecified atom stereocenters. The Hall–Kier alpha value is -3.80. The zero-order valence-electron chi connectivity index (χ0n) is 19.3. The quantitative estimate of drug-likeness (QED) is 0.504. The van der Waals surface area contributed by atoms with Crippen LogP contribution in [0.3, 0.4) is 0 Å². The molecule has 37 heavy (non-hydrogen) atoms. The molecule has 0 spiro atoms. The van der Waals surface area contributed by atoms with Crippen molar-refractivity contribution in [1.82, 2.24) is 15.0 Å². The minimum Gasteiger partial charge on any atom is -0.475 e. The van der Waals surface area contributed by atoms with E-state index in [9.17, 15) is 18.0 Å². The van der Waals surface area contributed by atoms with Crippen LogP contribution in [0, 0.1) is 0 Å². The van der Waals surface area contributed by atoms with Gasteiger partial charge in [0.25, 0.3) is 5.91 Å². The van der Waals surface area contributed by atoms with Crippen molar-refractivity contribution in [3.05, 3.63) is 78.0 Å². The zero-order valence-corrected chi connectivity index (χ0v) is 19.3. The van der Waals surface area contributed by atoms with Gasteiger partial charge >= 0.3 is 12.1 Å². The number of hydrogen-bond donors (Lipinski definition) is 1. The maximum Gasteiger partial charge on any atom is 0.490 e. The van der Waals surface area contributed by atoms with Crippen LogP contribution in [-0.4, -0.2) is 69.1 Å². The Morgan fingerprint density at radius 3 is 2.14 bits per heavy atom. The average molecular weight is 523 g/mol. The number of aliphatic carboxylic acids is 1. The molecular formula is C25H22F5N3O4. The lowest BCUT2D eigenvalue weighted by molar-refractivity contribution is -0.192. The molecule has 2 atom stereocenters. The Morgan fingerprint density at radius 1 is 0.973 bits per heavy atom. The zero-order chi connectivity index (χ0) is 26.8. The second kappa shape index (κ2) is 9.92. The van der Waals surface area contributed by atoms with E-state index in [0.29, 0.717) is 11.5 Å². The minimum atomic E-state index is -5.08. The van der Waals surface area contributed by atoms with Gasteiger partial charge < -0.3 is 14.5 Å². The highest BCUT2D eigenvalue weighted by molar-refractivity contribution is 5.90. The molecule has 1 aromatic heterocycles. The number of aromatic nitrogens is 1. The van der Waals surface area contributed by atoms with Crippen molar-refractivity contribution in [2.75, 3.05) is 19.6 Å². The van der Waals surface area contributed by atoms with Crippen LogP contribution in [0.15, 0.2) is 71.3 Å². The number of likely N-dealkylation sites (tertiary alicyclic amines) is 2. The van der Waals surface area contributed by atoms with Crippen molar-refractivity contribution >= 4 is 11.9 Å². The van der Waals surface area contributed by atoms with Crippen molar-refractivity contribution < 1.29 is 41.2 Å². The van der Waals surface area contributed by atoms with E-state index < -0.39 is 29.4 Å². The molecule has 2 fully saturated rings. The first-order valence-electron chi connectivity index (χ1n) is 11.2. The molecule has 0 aliphatic carbocycles. The van der Waals surface area contributed by atoms with Crippen LogP contribution < -0.4 is 0 Å². The Kier molecular flexibility index (Phi) is 7.05. The van der Waals surface area contributed by atoms with E-state index in [1.54, 1.807) is 11.0 Å². The minimum absolute atomic E-state index is 0.159. The molecule has 1 amide bonds. The van der Waals surface area contributed by atoms with Gasteiger partial charge in [-0.05, 0) is 5.56 Å². The van der Waals surface area contributed by atoms with Crippen LogP contribution in [0.1, 0.15) is 11.3 Å². The molecule has 2 aliphatic heterocycles. The maximum absolute atomic E-state index is 15.6. The number of nitrogens with zero attached hydrogens (tertiary/aromatic N) is 3. The van der Waals surface area contributed by atoms with E-state index in [-0.39, 0.29) is 32.7 Å². The number of amides is 1. The molecule has 7 nitrogen and oxygen atoms in total. The average Bonchev–Trinajstić information content (AvgIpc) is 3.46. The molecule has 0 radical (unpaired) electrons. The van der Waals surface area contributed by atoms with E-state index in [1.165, 1.54) is 4.90 Å². The van der Waals surface area contributed by atoms with Gasteiger partial charge in [0.1, 0.15) is 0 Å². The van der Waals surface area contributed by atoms with E-state index in [1.807, 2.05) is 60.7 Å². The summed E-state index contributed by atoms with van der Waals surface area (Å²) in [6.45, 7) is -0.266. The summed E-state index contributed by atoms with van der Waals surface area (Å²) in [6.07, 6.45) is -5.08. The highest BCUT2D eigenvalue weighted by Crippen LogP contribution is 2.46. The fourth-order valence-electron chi connectivity index (χ4n) is 4.44. The predicted molar refractivity (Wildman–Crippen MR) is 120 cm³/mol. The number of rotatable bonds is 5. The summed E-state index contributed by atoms with van der Waals surface area (Å²) in [4.78, 5) is 24.5. The lowest BCUT2D eigenvalue weighted by Crippen LogP contribution is -2.47. The summed E-state index contributed by atoms with van der Waals surface area (Å²) in [7, 11) is 0. The maximum atomic E-state index is 15.6. The first kappa shape index (κ1) is 26.3. The van der Waals surface area contributed by atoms with Crippen LogP contribution in [0.25, 0.3) is 11.3 Å². The number of carboxylic acids is 1. The molecule has 12 heteroatoms. The number of carbonyl (C=O) groups excluding carboxylic acids is 1. The monoisotopic (exact) mass is 523 g/mol. The first-order chi connectivity index (χ1) is 17.4. The first-order valence-corrected chi connectivity index (χ1v) is 11.2. The standard InChI is InChI=1S/C23H21F2N3O2.C2HF3O2/c24-22-14-27(13-19-11-20(30-26-19)18-9-5-2-6-10-18)16-23(22,25)21(29)28(15-22)12-17-7-3-1-4-8-17;3-2(4,5)1(6)7/h1-11H,12-16H2;(H,6,7)/t22-,23+;/m0./s1. The number of carbonyl (C=O) groups is 2. The van der Waals surface area contributed by atoms with Crippen LogP contribution in [0.2, 0.25) is 0 Å². The Balaban J connectivity index is 0.000000405. The summed E-state index contributed by atoms with van der Waals surface area (Å²) < 4.78 is 68.3. The summed E-state index contributed by atoms with van der Waals surface area (Å²) in [5, 5.41) is 11.2. The van der Waals surface area contributed by atoms with Crippen molar-refractivity contribution in [2.24, 2.45) is 0 Å². The van der Waals surface area contributed by atoms with Gasteiger partial charge in [-0.15, -0.1) is 0 Å². The molecular weight excluding hydrogens is 501 g/mol.